The first-order chi connectivity index (χ1) is 11.3. The molecule has 126 valence electrons. The number of nitrogens with one attached hydrogen (secondary N) is 1. The molecule has 1 aromatic rings. The number of carbonyl (C=O) groups excluding carboxylic acids is 1. The molecule has 2 aliphatic rings. The molecule has 0 aromatic heterocycles. The molecule has 3 rings (SSSR count). The van der Waals surface area contributed by atoms with Crippen LogP contribution in [-0.2, 0) is 11.2 Å². The number of fused-ring (bicyclic) bond motifs is 1. The highest BCUT2D eigenvalue weighted by atomic mass is 16.5. The molecule has 0 radical (unpaired) electrons. The third kappa shape index (κ3) is 4.18. The second kappa shape index (κ2) is 7.71. The molecule has 1 heterocycles. The Morgan fingerprint density at radius 1 is 1.17 bits per heavy atom. The predicted molar refractivity (Wildman–Crippen MR) is 89.9 cm³/mol. The number of hydrogen-bond acceptors (Lipinski definition) is 3. The Bertz CT molecular complexity index is 535. The summed E-state index contributed by atoms with van der Waals surface area (Å²) in [5.41, 5.74) is 1.06. The zero-order valence-corrected chi connectivity index (χ0v) is 14.0. The van der Waals surface area contributed by atoms with E-state index < -0.39 is 0 Å². The van der Waals surface area contributed by atoms with Crippen molar-refractivity contribution in [2.45, 2.75) is 57.4 Å². The number of rotatable bonds is 3. The van der Waals surface area contributed by atoms with Gasteiger partial charge in [-0.05, 0) is 43.0 Å². The summed E-state index contributed by atoms with van der Waals surface area (Å²) in [6.45, 7) is 0.470. The first-order valence-electron chi connectivity index (χ1n) is 8.86. The molecule has 4 heteroatoms. The van der Waals surface area contributed by atoms with E-state index in [0.717, 1.165) is 36.3 Å². The third-order valence-electron chi connectivity index (χ3n) is 5.00. The Hall–Kier alpha value is -1.71. The van der Waals surface area contributed by atoms with E-state index in [4.69, 9.17) is 9.47 Å². The molecule has 1 aliphatic carbocycles. The van der Waals surface area contributed by atoms with E-state index in [1.165, 1.54) is 32.1 Å². The van der Waals surface area contributed by atoms with Gasteiger partial charge < -0.3 is 14.8 Å². The lowest BCUT2D eigenvalue weighted by atomic mass is 9.93. The minimum absolute atomic E-state index is 0.0972. The molecule has 4 nitrogen and oxygen atoms in total. The monoisotopic (exact) mass is 317 g/mol. The van der Waals surface area contributed by atoms with Gasteiger partial charge in [-0.1, -0.05) is 32.1 Å². The van der Waals surface area contributed by atoms with Crippen LogP contribution in [-0.4, -0.2) is 25.7 Å². The summed E-state index contributed by atoms with van der Waals surface area (Å²) < 4.78 is 11.0. The van der Waals surface area contributed by atoms with Crippen molar-refractivity contribution < 1.29 is 14.3 Å². The Kier molecular flexibility index (Phi) is 5.42. The van der Waals surface area contributed by atoms with Gasteiger partial charge in [0.25, 0.3) is 0 Å². The van der Waals surface area contributed by atoms with Crippen molar-refractivity contribution in [3.05, 3.63) is 23.8 Å². The average Bonchev–Trinajstić information content (AvgIpc) is 2.56. The smallest absolute Gasteiger partial charge is 0.227 e. The van der Waals surface area contributed by atoms with Crippen LogP contribution >= 0.6 is 0 Å². The predicted octanol–water partition coefficient (Wildman–Crippen LogP) is 3.48. The molecule has 1 aliphatic heterocycles. The molecule has 1 fully saturated rings. The van der Waals surface area contributed by atoms with Crippen LogP contribution in [0.1, 0.15) is 50.5 Å². The van der Waals surface area contributed by atoms with Crippen LogP contribution in [0.15, 0.2) is 18.2 Å². The topological polar surface area (TPSA) is 47.6 Å². The Labute approximate surface area is 138 Å². The van der Waals surface area contributed by atoms with Gasteiger partial charge in [-0.25, -0.2) is 0 Å². The molecule has 1 saturated carbocycles. The minimum atomic E-state index is -0.0972. The summed E-state index contributed by atoms with van der Waals surface area (Å²) >= 11 is 0. The van der Waals surface area contributed by atoms with E-state index in [0.29, 0.717) is 12.6 Å². The summed E-state index contributed by atoms with van der Waals surface area (Å²) in [6.07, 6.45) is 9.35. The van der Waals surface area contributed by atoms with E-state index in [2.05, 4.69) is 5.32 Å². The van der Waals surface area contributed by atoms with E-state index in [1.807, 2.05) is 18.2 Å². The quantitative estimate of drug-likeness (QED) is 0.928. The maximum Gasteiger partial charge on any atom is 0.227 e. The van der Waals surface area contributed by atoms with Gasteiger partial charge in [0.2, 0.25) is 5.91 Å². The zero-order chi connectivity index (χ0) is 16.1. The largest absolute Gasteiger partial charge is 0.497 e. The molecule has 0 unspecified atom stereocenters. The standard InChI is InChI=1S/C19H27NO3/c1-22-17-9-10-18-14(12-17)11-15(13-23-18)19(21)20-16-7-5-3-2-4-6-8-16/h9-10,12,15-16H,2-8,11,13H2,1H3,(H,20,21)/t15-/m1/s1. The van der Waals surface area contributed by atoms with Crippen LogP contribution in [0, 0.1) is 5.92 Å². The van der Waals surface area contributed by atoms with Gasteiger partial charge in [-0.3, -0.25) is 4.79 Å². The zero-order valence-electron chi connectivity index (χ0n) is 14.0. The third-order valence-corrected chi connectivity index (χ3v) is 5.00. The molecular formula is C19H27NO3. The fourth-order valence-corrected chi connectivity index (χ4v) is 3.59. The van der Waals surface area contributed by atoms with Crippen LogP contribution in [0.3, 0.4) is 0 Å². The second-order valence-corrected chi connectivity index (χ2v) is 6.74. The fraction of sp³-hybridized carbons (Fsp3) is 0.632. The minimum Gasteiger partial charge on any atom is -0.497 e. The number of ether oxygens (including phenoxy) is 2. The van der Waals surface area contributed by atoms with Crippen LogP contribution in [0.5, 0.6) is 11.5 Å². The van der Waals surface area contributed by atoms with Crippen molar-refractivity contribution in [1.29, 1.82) is 0 Å². The first kappa shape index (κ1) is 16.2. The van der Waals surface area contributed by atoms with Crippen molar-refractivity contribution >= 4 is 5.91 Å². The van der Waals surface area contributed by atoms with E-state index in [1.54, 1.807) is 7.11 Å². The summed E-state index contributed by atoms with van der Waals surface area (Å²) in [6, 6.07) is 6.14. The highest BCUT2D eigenvalue weighted by Crippen LogP contribution is 2.31. The summed E-state index contributed by atoms with van der Waals surface area (Å²) in [5.74, 6) is 1.73. The van der Waals surface area contributed by atoms with Gasteiger partial charge in [-0.15, -0.1) is 0 Å². The fourth-order valence-electron chi connectivity index (χ4n) is 3.59. The number of amides is 1. The lowest BCUT2D eigenvalue weighted by molar-refractivity contribution is -0.127. The molecule has 1 amide bonds. The number of hydrogen-bond donors (Lipinski definition) is 1. The average molecular weight is 317 g/mol. The molecule has 1 N–H and O–H groups in total. The molecular weight excluding hydrogens is 290 g/mol. The van der Waals surface area contributed by atoms with Crippen molar-refractivity contribution in [2.24, 2.45) is 5.92 Å². The van der Waals surface area contributed by atoms with Crippen LogP contribution in [0.25, 0.3) is 0 Å². The Morgan fingerprint density at radius 3 is 2.65 bits per heavy atom. The van der Waals surface area contributed by atoms with Crippen LogP contribution < -0.4 is 14.8 Å². The maximum atomic E-state index is 12.6. The van der Waals surface area contributed by atoms with Gasteiger partial charge in [0.1, 0.15) is 18.1 Å². The lowest BCUT2D eigenvalue weighted by Gasteiger charge is -2.28. The number of benzene rings is 1. The molecule has 0 saturated heterocycles. The lowest BCUT2D eigenvalue weighted by Crippen LogP contribution is -2.42. The molecule has 0 spiro atoms. The molecule has 1 aromatic carbocycles. The molecule has 23 heavy (non-hydrogen) atoms. The SMILES string of the molecule is COc1ccc2c(c1)C[C@@H](C(=O)NC1CCCCCCC1)CO2. The number of methoxy groups -OCH3 is 1. The van der Waals surface area contributed by atoms with Crippen molar-refractivity contribution in [3.8, 4) is 11.5 Å². The Morgan fingerprint density at radius 2 is 1.91 bits per heavy atom. The summed E-state index contributed by atoms with van der Waals surface area (Å²) in [5, 5.41) is 3.27. The van der Waals surface area contributed by atoms with E-state index in [-0.39, 0.29) is 11.8 Å². The van der Waals surface area contributed by atoms with Gasteiger partial charge >= 0.3 is 0 Å². The van der Waals surface area contributed by atoms with Gasteiger partial charge in [0.15, 0.2) is 0 Å². The van der Waals surface area contributed by atoms with Crippen molar-refractivity contribution in [3.63, 3.8) is 0 Å². The van der Waals surface area contributed by atoms with Gasteiger partial charge in [0, 0.05) is 6.04 Å². The second-order valence-electron chi connectivity index (χ2n) is 6.74. The first-order valence-corrected chi connectivity index (χ1v) is 8.86. The normalized spacial score (nSPS) is 22.2. The van der Waals surface area contributed by atoms with Gasteiger partial charge in [0.05, 0.1) is 13.0 Å². The highest BCUT2D eigenvalue weighted by molar-refractivity contribution is 5.80. The summed E-state index contributed by atoms with van der Waals surface area (Å²) in [7, 11) is 1.66. The van der Waals surface area contributed by atoms with E-state index in [9.17, 15) is 4.79 Å². The summed E-state index contributed by atoms with van der Waals surface area (Å²) in [4.78, 5) is 12.6. The van der Waals surface area contributed by atoms with Crippen LogP contribution in [0.2, 0.25) is 0 Å². The maximum absolute atomic E-state index is 12.6. The number of carbonyl (C=O) groups is 1. The van der Waals surface area contributed by atoms with Gasteiger partial charge in [-0.2, -0.15) is 0 Å². The van der Waals surface area contributed by atoms with E-state index >= 15 is 0 Å². The molecule has 1 atom stereocenters. The van der Waals surface area contributed by atoms with Crippen LogP contribution in [0.4, 0.5) is 0 Å². The van der Waals surface area contributed by atoms with Crippen molar-refractivity contribution in [2.75, 3.05) is 13.7 Å². The molecule has 0 bridgehead atoms. The Balaban J connectivity index is 1.59. The highest BCUT2D eigenvalue weighted by Gasteiger charge is 2.27. The van der Waals surface area contributed by atoms with Crippen molar-refractivity contribution in [1.82, 2.24) is 5.32 Å².